The fraction of sp³-hybridized carbons (Fsp3) is 0.167. The molecule has 0 aliphatic carbocycles. The van der Waals surface area contributed by atoms with Crippen molar-refractivity contribution in [1.82, 2.24) is 10.2 Å². The number of amides is 2. The van der Waals surface area contributed by atoms with Crippen molar-refractivity contribution in [3.8, 4) is 16.9 Å². The van der Waals surface area contributed by atoms with Crippen LogP contribution in [0.2, 0.25) is 0 Å². The molecule has 158 valence electrons. The SMILES string of the molecule is CNC(=O)[C@H]1Cc2ccccc2CN1C(=O)c1ccc(-c2cccc(O)c2F)c(F)c1. The molecule has 0 aromatic heterocycles. The second kappa shape index (κ2) is 8.18. The number of phenols is 1. The lowest BCUT2D eigenvalue weighted by Gasteiger charge is -2.36. The van der Waals surface area contributed by atoms with Gasteiger partial charge in [-0.2, -0.15) is 0 Å². The van der Waals surface area contributed by atoms with Gasteiger partial charge in [-0.1, -0.05) is 42.5 Å². The van der Waals surface area contributed by atoms with E-state index in [4.69, 9.17) is 0 Å². The number of likely N-dealkylation sites (N-methyl/N-ethyl adjacent to an activating group) is 1. The van der Waals surface area contributed by atoms with Crippen LogP contribution in [0.1, 0.15) is 21.5 Å². The summed E-state index contributed by atoms with van der Waals surface area (Å²) in [4.78, 5) is 27.1. The lowest BCUT2D eigenvalue weighted by Crippen LogP contribution is -2.51. The minimum Gasteiger partial charge on any atom is -0.505 e. The van der Waals surface area contributed by atoms with E-state index in [0.29, 0.717) is 6.42 Å². The Kier molecular flexibility index (Phi) is 5.42. The Hall–Kier alpha value is -3.74. The van der Waals surface area contributed by atoms with Gasteiger partial charge in [-0.3, -0.25) is 9.59 Å². The first-order chi connectivity index (χ1) is 14.9. The third-order valence-corrected chi connectivity index (χ3v) is 5.54. The van der Waals surface area contributed by atoms with Gasteiger partial charge in [-0.05, 0) is 29.3 Å². The largest absolute Gasteiger partial charge is 0.505 e. The molecule has 0 spiro atoms. The summed E-state index contributed by atoms with van der Waals surface area (Å²) in [5, 5.41) is 12.1. The van der Waals surface area contributed by atoms with Crippen LogP contribution in [0.3, 0.4) is 0 Å². The standard InChI is InChI=1S/C24H20F2N2O3/c1-27-23(30)20-12-14-5-2-3-6-16(14)13-28(20)24(31)15-9-10-17(19(25)11-15)18-7-4-8-21(29)22(18)26/h2-11,20,29H,12-13H2,1H3,(H,27,30)/t20-/m1/s1. The lowest BCUT2D eigenvalue weighted by molar-refractivity contribution is -0.125. The molecule has 0 fully saturated rings. The first-order valence-electron chi connectivity index (χ1n) is 9.77. The predicted octanol–water partition coefficient (Wildman–Crippen LogP) is 3.65. The summed E-state index contributed by atoms with van der Waals surface area (Å²) < 4.78 is 29.0. The number of aromatic hydroxyl groups is 1. The molecule has 1 aliphatic heterocycles. The van der Waals surface area contributed by atoms with Gasteiger partial charge in [0.25, 0.3) is 5.91 Å². The maximum atomic E-state index is 14.8. The summed E-state index contributed by atoms with van der Waals surface area (Å²) in [6.45, 7) is 0.220. The van der Waals surface area contributed by atoms with Crippen LogP contribution in [0.15, 0.2) is 60.7 Å². The van der Waals surface area contributed by atoms with Gasteiger partial charge in [0.05, 0.1) is 0 Å². The van der Waals surface area contributed by atoms with Crippen LogP contribution in [-0.4, -0.2) is 34.9 Å². The normalized spacial score (nSPS) is 15.3. The van der Waals surface area contributed by atoms with Gasteiger partial charge in [-0.25, -0.2) is 8.78 Å². The van der Waals surface area contributed by atoms with Crippen LogP contribution in [0.25, 0.3) is 11.1 Å². The van der Waals surface area contributed by atoms with Crippen LogP contribution in [0.4, 0.5) is 8.78 Å². The molecular formula is C24H20F2N2O3. The van der Waals surface area contributed by atoms with Gasteiger partial charge < -0.3 is 15.3 Å². The molecule has 7 heteroatoms. The average Bonchev–Trinajstić information content (AvgIpc) is 2.79. The topological polar surface area (TPSA) is 69.6 Å². The zero-order chi connectivity index (χ0) is 22.1. The van der Waals surface area contributed by atoms with E-state index in [9.17, 15) is 23.5 Å². The highest BCUT2D eigenvalue weighted by atomic mass is 19.1. The molecule has 3 aromatic carbocycles. The highest BCUT2D eigenvalue weighted by Crippen LogP contribution is 2.31. The highest BCUT2D eigenvalue weighted by Gasteiger charge is 2.34. The number of benzene rings is 3. The summed E-state index contributed by atoms with van der Waals surface area (Å²) in [6, 6.07) is 14.5. The molecule has 4 rings (SSSR count). The molecule has 0 radical (unpaired) electrons. The molecule has 2 amide bonds. The van der Waals surface area contributed by atoms with Crippen molar-refractivity contribution in [2.45, 2.75) is 19.0 Å². The summed E-state index contributed by atoms with van der Waals surface area (Å²) in [7, 11) is 1.50. The van der Waals surface area contributed by atoms with E-state index >= 15 is 0 Å². The van der Waals surface area contributed by atoms with Crippen molar-refractivity contribution < 1.29 is 23.5 Å². The third kappa shape index (κ3) is 3.74. The van der Waals surface area contributed by atoms with E-state index in [1.807, 2.05) is 24.3 Å². The second-order valence-electron chi connectivity index (χ2n) is 7.37. The fourth-order valence-corrected chi connectivity index (χ4v) is 3.90. The summed E-state index contributed by atoms with van der Waals surface area (Å²) in [6.07, 6.45) is 0.358. The monoisotopic (exact) mass is 422 g/mol. The number of carbonyl (C=O) groups is 2. The van der Waals surface area contributed by atoms with E-state index in [2.05, 4.69) is 5.32 Å². The van der Waals surface area contributed by atoms with Crippen molar-refractivity contribution in [3.05, 3.63) is 89.0 Å². The van der Waals surface area contributed by atoms with Gasteiger partial charge in [0.1, 0.15) is 11.9 Å². The van der Waals surface area contributed by atoms with E-state index in [1.165, 1.54) is 42.3 Å². The van der Waals surface area contributed by atoms with Crippen LogP contribution < -0.4 is 5.32 Å². The molecule has 1 heterocycles. The number of rotatable bonds is 3. The maximum absolute atomic E-state index is 14.8. The molecule has 0 saturated carbocycles. The Morgan fingerprint density at radius 1 is 1.00 bits per heavy atom. The van der Waals surface area contributed by atoms with Crippen LogP contribution in [-0.2, 0) is 17.8 Å². The Labute approximate surface area is 177 Å². The quantitative estimate of drug-likeness (QED) is 0.677. The van der Waals surface area contributed by atoms with E-state index in [1.54, 1.807) is 0 Å². The van der Waals surface area contributed by atoms with Crippen LogP contribution in [0, 0.1) is 11.6 Å². The summed E-state index contributed by atoms with van der Waals surface area (Å²) >= 11 is 0. The maximum Gasteiger partial charge on any atom is 0.254 e. The average molecular weight is 422 g/mol. The van der Waals surface area contributed by atoms with Crippen LogP contribution >= 0.6 is 0 Å². The predicted molar refractivity (Wildman–Crippen MR) is 111 cm³/mol. The van der Waals surface area contributed by atoms with Crippen molar-refractivity contribution in [1.29, 1.82) is 0 Å². The smallest absolute Gasteiger partial charge is 0.254 e. The number of fused-ring (bicyclic) bond motifs is 1. The van der Waals surface area contributed by atoms with Crippen molar-refractivity contribution in [3.63, 3.8) is 0 Å². The van der Waals surface area contributed by atoms with Gasteiger partial charge in [-0.15, -0.1) is 0 Å². The fourth-order valence-electron chi connectivity index (χ4n) is 3.90. The first kappa shape index (κ1) is 20.5. The first-order valence-corrected chi connectivity index (χ1v) is 9.77. The molecule has 2 N–H and O–H groups in total. The van der Waals surface area contributed by atoms with Gasteiger partial charge in [0.2, 0.25) is 5.91 Å². The number of hydrogen-bond acceptors (Lipinski definition) is 3. The number of phenolic OH excluding ortho intramolecular Hbond substituents is 1. The molecule has 3 aromatic rings. The number of nitrogens with zero attached hydrogens (tertiary/aromatic N) is 1. The molecule has 0 bridgehead atoms. The minimum atomic E-state index is -0.937. The second-order valence-corrected chi connectivity index (χ2v) is 7.37. The Bertz CT molecular complexity index is 1180. The number of halogens is 2. The summed E-state index contributed by atoms with van der Waals surface area (Å²) in [5.74, 6) is -3.12. The number of carbonyl (C=O) groups excluding carboxylic acids is 2. The third-order valence-electron chi connectivity index (χ3n) is 5.54. The zero-order valence-corrected chi connectivity index (χ0v) is 16.7. The van der Waals surface area contributed by atoms with Gasteiger partial charge in [0.15, 0.2) is 11.6 Å². The van der Waals surface area contributed by atoms with E-state index < -0.39 is 29.3 Å². The van der Waals surface area contributed by atoms with Crippen molar-refractivity contribution in [2.24, 2.45) is 0 Å². The molecule has 5 nitrogen and oxygen atoms in total. The Morgan fingerprint density at radius 2 is 1.74 bits per heavy atom. The molecule has 1 atom stereocenters. The lowest BCUT2D eigenvalue weighted by atomic mass is 9.92. The minimum absolute atomic E-state index is 0.0510. The van der Waals surface area contributed by atoms with Gasteiger partial charge >= 0.3 is 0 Å². The highest BCUT2D eigenvalue weighted by molar-refractivity contribution is 5.98. The Balaban J connectivity index is 1.69. The van der Waals surface area contributed by atoms with Crippen molar-refractivity contribution >= 4 is 11.8 Å². The van der Waals surface area contributed by atoms with Crippen molar-refractivity contribution in [2.75, 3.05) is 7.05 Å². The molecule has 0 saturated heterocycles. The molecular weight excluding hydrogens is 402 g/mol. The Morgan fingerprint density at radius 3 is 2.45 bits per heavy atom. The number of hydrogen-bond donors (Lipinski definition) is 2. The van der Waals surface area contributed by atoms with Crippen LogP contribution in [0.5, 0.6) is 5.75 Å². The van der Waals surface area contributed by atoms with Gasteiger partial charge in [0, 0.05) is 36.7 Å². The number of nitrogens with one attached hydrogen (secondary N) is 1. The van der Waals surface area contributed by atoms with E-state index in [0.717, 1.165) is 17.2 Å². The zero-order valence-electron chi connectivity index (χ0n) is 16.7. The molecule has 0 unspecified atom stereocenters. The molecule has 31 heavy (non-hydrogen) atoms. The van der Waals surface area contributed by atoms with E-state index in [-0.39, 0.29) is 29.1 Å². The summed E-state index contributed by atoms with van der Waals surface area (Å²) in [5.41, 5.74) is 1.79. The molecule has 1 aliphatic rings.